The van der Waals surface area contributed by atoms with E-state index in [1.807, 2.05) is 0 Å². The lowest BCUT2D eigenvalue weighted by Crippen LogP contribution is -2.21. The molecule has 1 heterocycles. The molecule has 0 unspecified atom stereocenters. The van der Waals surface area contributed by atoms with Gasteiger partial charge in [-0.15, -0.1) is 11.8 Å². The van der Waals surface area contributed by atoms with Crippen LogP contribution in [0.3, 0.4) is 0 Å². The third-order valence-corrected chi connectivity index (χ3v) is 3.26. The molecule has 0 fully saturated rings. The lowest BCUT2D eigenvalue weighted by molar-refractivity contribution is 1.22. The summed E-state index contributed by atoms with van der Waals surface area (Å²) in [5.74, 6) is 1.05. The average Bonchev–Trinajstić information content (AvgIpc) is 2.47. The van der Waals surface area contributed by atoms with Crippen LogP contribution in [0.25, 0.3) is 17.6 Å². The van der Waals surface area contributed by atoms with Crippen LogP contribution in [0.5, 0.6) is 0 Å². The van der Waals surface area contributed by atoms with Crippen LogP contribution in [-0.4, -0.2) is 10.7 Å². The van der Waals surface area contributed by atoms with Gasteiger partial charge in [0, 0.05) is 10.3 Å². The molecule has 0 bridgehead atoms. The van der Waals surface area contributed by atoms with Crippen LogP contribution >= 0.6 is 11.8 Å². The molecule has 1 nitrogen and oxygen atoms in total. The first-order chi connectivity index (χ1) is 7.11. The second kappa shape index (κ2) is 5.26. The lowest BCUT2D eigenvalue weighted by atomic mass is 10.2. The van der Waals surface area contributed by atoms with Gasteiger partial charge in [-0.2, -0.15) is 0 Å². The highest BCUT2D eigenvalue weighted by atomic mass is 32.2. The molecule has 0 saturated heterocycles. The van der Waals surface area contributed by atoms with Crippen molar-refractivity contribution in [2.75, 3.05) is 5.75 Å². The summed E-state index contributed by atoms with van der Waals surface area (Å²) in [4.78, 5) is 4.50. The number of thioether (sulfide) groups is 1. The standard InChI is InChI=1S/C13H19NS/c1-6-8-12-9(3)10(4)13(14-12)11(5)15-7-2/h8,14H,3,5-7H2,1-2,4H3/b12-8+. The van der Waals surface area contributed by atoms with Gasteiger partial charge in [0.1, 0.15) is 0 Å². The lowest BCUT2D eigenvalue weighted by Gasteiger charge is -2.01. The number of aromatic amines is 1. The molecule has 0 aromatic carbocycles. The third-order valence-electron chi connectivity index (χ3n) is 2.42. The maximum Gasteiger partial charge on any atom is 0.0552 e. The van der Waals surface area contributed by atoms with Crippen LogP contribution in [0.15, 0.2) is 6.58 Å². The fourth-order valence-electron chi connectivity index (χ4n) is 1.56. The second-order valence-corrected chi connectivity index (χ2v) is 4.84. The predicted molar refractivity (Wildman–Crippen MR) is 72.2 cm³/mol. The predicted octanol–water partition coefficient (Wildman–Crippen LogP) is 2.65. The third kappa shape index (κ3) is 2.57. The second-order valence-electron chi connectivity index (χ2n) is 3.49. The quantitative estimate of drug-likeness (QED) is 0.826. The normalized spacial score (nSPS) is 12.1. The van der Waals surface area contributed by atoms with Gasteiger partial charge < -0.3 is 4.98 Å². The van der Waals surface area contributed by atoms with Gasteiger partial charge in [0.2, 0.25) is 0 Å². The highest BCUT2D eigenvalue weighted by Gasteiger charge is 2.06. The Hall–Kier alpha value is -0.890. The molecule has 0 amide bonds. The van der Waals surface area contributed by atoms with E-state index in [1.165, 1.54) is 5.56 Å². The Labute approximate surface area is 96.0 Å². The van der Waals surface area contributed by atoms with Crippen molar-refractivity contribution in [3.05, 3.63) is 28.4 Å². The van der Waals surface area contributed by atoms with Crippen molar-refractivity contribution < 1.29 is 0 Å². The molecular formula is C13H19NS. The molecule has 0 saturated carbocycles. The average molecular weight is 221 g/mol. The minimum absolute atomic E-state index is 1.02. The fraction of sp³-hybridized carbons (Fsp3) is 0.385. The molecule has 15 heavy (non-hydrogen) atoms. The molecule has 0 spiro atoms. The summed E-state index contributed by atoms with van der Waals surface area (Å²) in [6, 6.07) is 0. The minimum Gasteiger partial charge on any atom is -0.354 e. The van der Waals surface area contributed by atoms with Crippen molar-refractivity contribution in [1.29, 1.82) is 0 Å². The maximum absolute atomic E-state index is 4.09. The van der Waals surface area contributed by atoms with Gasteiger partial charge in [-0.05, 0) is 29.9 Å². The minimum atomic E-state index is 1.02. The van der Waals surface area contributed by atoms with E-state index in [2.05, 4.69) is 45.0 Å². The Balaban J connectivity index is 3.23. The summed E-state index contributed by atoms with van der Waals surface area (Å²) in [5.41, 5.74) is 2.37. The molecule has 0 aliphatic rings. The van der Waals surface area contributed by atoms with E-state index in [4.69, 9.17) is 0 Å². The molecule has 0 radical (unpaired) electrons. The first-order valence-corrected chi connectivity index (χ1v) is 6.30. The van der Waals surface area contributed by atoms with Crippen LogP contribution in [0, 0.1) is 6.92 Å². The zero-order chi connectivity index (χ0) is 11.4. The van der Waals surface area contributed by atoms with Crippen LogP contribution in [0.1, 0.15) is 31.5 Å². The Bertz CT molecular complexity index is 454. The Morgan fingerprint density at radius 2 is 2.13 bits per heavy atom. The van der Waals surface area contributed by atoms with Crippen LogP contribution in [-0.2, 0) is 0 Å². The molecule has 2 heteroatoms. The summed E-state index contributed by atoms with van der Waals surface area (Å²) in [6.45, 7) is 14.5. The SMILES string of the molecule is C=C(SCC)c1[nH]/c(=C/CC)c(=C)c1C. The Morgan fingerprint density at radius 3 is 2.67 bits per heavy atom. The molecule has 82 valence electrons. The van der Waals surface area contributed by atoms with E-state index in [0.717, 1.165) is 33.3 Å². The van der Waals surface area contributed by atoms with E-state index in [-0.39, 0.29) is 0 Å². The van der Waals surface area contributed by atoms with Gasteiger partial charge >= 0.3 is 0 Å². The van der Waals surface area contributed by atoms with Gasteiger partial charge in [0.25, 0.3) is 0 Å². The first kappa shape index (κ1) is 12.2. The van der Waals surface area contributed by atoms with E-state index in [9.17, 15) is 0 Å². The topological polar surface area (TPSA) is 15.8 Å². The molecule has 0 aliphatic heterocycles. The summed E-state index contributed by atoms with van der Waals surface area (Å²) in [5, 5.41) is 2.24. The van der Waals surface area contributed by atoms with Gasteiger partial charge in [0.05, 0.1) is 5.69 Å². The summed E-state index contributed by atoms with van der Waals surface area (Å²) in [6.07, 6.45) is 3.19. The van der Waals surface area contributed by atoms with E-state index < -0.39 is 0 Å². The van der Waals surface area contributed by atoms with Crippen molar-refractivity contribution in [3.8, 4) is 0 Å². The zero-order valence-corrected chi connectivity index (χ0v) is 10.6. The van der Waals surface area contributed by atoms with Gasteiger partial charge in [0.15, 0.2) is 0 Å². The van der Waals surface area contributed by atoms with Crippen molar-refractivity contribution in [1.82, 2.24) is 4.98 Å². The monoisotopic (exact) mass is 221 g/mol. The zero-order valence-electron chi connectivity index (χ0n) is 9.81. The molecule has 1 rings (SSSR count). The number of nitrogens with one attached hydrogen (secondary N) is 1. The van der Waals surface area contributed by atoms with Crippen molar-refractivity contribution in [2.45, 2.75) is 27.2 Å². The maximum atomic E-state index is 4.09. The summed E-state index contributed by atoms with van der Waals surface area (Å²) >= 11 is 1.77. The summed E-state index contributed by atoms with van der Waals surface area (Å²) in [7, 11) is 0. The number of aromatic nitrogens is 1. The van der Waals surface area contributed by atoms with Crippen LogP contribution < -0.4 is 10.6 Å². The van der Waals surface area contributed by atoms with E-state index in [0.29, 0.717) is 0 Å². The van der Waals surface area contributed by atoms with E-state index >= 15 is 0 Å². The molecule has 0 aliphatic carbocycles. The molecule has 1 aromatic rings. The largest absolute Gasteiger partial charge is 0.354 e. The number of H-pyrrole nitrogens is 1. The molecule has 1 aromatic heterocycles. The number of hydrogen-bond acceptors (Lipinski definition) is 1. The van der Waals surface area contributed by atoms with Crippen LogP contribution in [0.2, 0.25) is 0 Å². The van der Waals surface area contributed by atoms with Gasteiger partial charge in [-0.1, -0.05) is 33.1 Å². The number of hydrogen-bond donors (Lipinski definition) is 1. The molecule has 1 N–H and O–H groups in total. The van der Waals surface area contributed by atoms with Crippen molar-refractivity contribution in [3.63, 3.8) is 0 Å². The first-order valence-electron chi connectivity index (χ1n) is 5.31. The van der Waals surface area contributed by atoms with Crippen molar-refractivity contribution >= 4 is 29.3 Å². The Morgan fingerprint density at radius 1 is 1.47 bits per heavy atom. The highest BCUT2D eigenvalue weighted by Crippen LogP contribution is 2.23. The fourth-order valence-corrected chi connectivity index (χ4v) is 2.26. The van der Waals surface area contributed by atoms with Crippen LogP contribution in [0.4, 0.5) is 0 Å². The molecular weight excluding hydrogens is 202 g/mol. The number of rotatable bonds is 4. The Kier molecular flexibility index (Phi) is 4.28. The summed E-state index contributed by atoms with van der Waals surface area (Å²) < 4.78 is 0. The van der Waals surface area contributed by atoms with Gasteiger partial charge in [-0.25, -0.2) is 0 Å². The molecule has 0 atom stereocenters. The van der Waals surface area contributed by atoms with Crippen molar-refractivity contribution in [2.24, 2.45) is 0 Å². The highest BCUT2D eigenvalue weighted by molar-refractivity contribution is 8.08. The van der Waals surface area contributed by atoms with Gasteiger partial charge in [-0.3, -0.25) is 0 Å². The van der Waals surface area contributed by atoms with E-state index in [1.54, 1.807) is 11.8 Å². The smallest absolute Gasteiger partial charge is 0.0552 e.